The Hall–Kier alpha value is -1.80. The first-order valence-electron chi connectivity index (χ1n) is 4.25. The highest BCUT2D eigenvalue weighted by molar-refractivity contribution is 5.74. The summed E-state index contributed by atoms with van der Waals surface area (Å²) in [6, 6.07) is 2.80. The standard InChI is InChI=1S/C11H7F3O2/c12-11(13,14)10-4-3-8(2-1-5-15)9(6-10)7-16/h3-6,16H,7H2. The first-order chi connectivity index (χ1) is 7.49. The fourth-order valence-corrected chi connectivity index (χ4v) is 1.13. The van der Waals surface area contributed by atoms with Gasteiger partial charge in [-0.25, -0.2) is 0 Å². The first kappa shape index (κ1) is 12.3. The maximum atomic E-state index is 12.3. The number of hydrogen-bond donors (Lipinski definition) is 1. The van der Waals surface area contributed by atoms with Gasteiger partial charge in [0.05, 0.1) is 12.2 Å². The highest BCUT2D eigenvalue weighted by atomic mass is 19.4. The SMILES string of the molecule is O=CC#Cc1ccc(C(F)(F)F)cc1CO. The summed E-state index contributed by atoms with van der Waals surface area (Å²) < 4.78 is 36.9. The van der Waals surface area contributed by atoms with Gasteiger partial charge in [0.2, 0.25) is 0 Å². The normalized spacial score (nSPS) is 10.5. The summed E-state index contributed by atoms with van der Waals surface area (Å²) in [5.74, 6) is 4.42. The van der Waals surface area contributed by atoms with Crippen molar-refractivity contribution in [3.05, 3.63) is 34.9 Å². The Kier molecular flexibility index (Phi) is 3.69. The second-order valence-electron chi connectivity index (χ2n) is 2.91. The molecule has 0 amide bonds. The molecule has 0 aromatic heterocycles. The van der Waals surface area contributed by atoms with Crippen molar-refractivity contribution >= 4 is 6.29 Å². The number of hydrogen-bond acceptors (Lipinski definition) is 2. The molecule has 0 aliphatic heterocycles. The van der Waals surface area contributed by atoms with Crippen molar-refractivity contribution in [2.45, 2.75) is 12.8 Å². The van der Waals surface area contributed by atoms with E-state index in [0.29, 0.717) is 6.29 Å². The third-order valence-electron chi connectivity index (χ3n) is 1.87. The maximum Gasteiger partial charge on any atom is 0.416 e. The molecule has 84 valence electrons. The number of carbonyl (C=O) groups is 1. The van der Waals surface area contributed by atoms with Crippen molar-refractivity contribution in [1.82, 2.24) is 0 Å². The summed E-state index contributed by atoms with van der Waals surface area (Å²) in [5.41, 5.74) is -0.597. The summed E-state index contributed by atoms with van der Waals surface area (Å²) in [6.07, 6.45) is -4.13. The van der Waals surface area contributed by atoms with Crippen LogP contribution in [0.4, 0.5) is 13.2 Å². The van der Waals surface area contributed by atoms with Crippen LogP contribution in [-0.4, -0.2) is 11.4 Å². The van der Waals surface area contributed by atoms with Gasteiger partial charge in [-0.3, -0.25) is 4.79 Å². The summed E-state index contributed by atoms with van der Waals surface area (Å²) in [4.78, 5) is 9.99. The lowest BCUT2D eigenvalue weighted by atomic mass is 10.0. The van der Waals surface area contributed by atoms with Crippen LogP contribution in [-0.2, 0) is 17.6 Å². The molecule has 0 unspecified atom stereocenters. The molecule has 1 rings (SSSR count). The van der Waals surface area contributed by atoms with E-state index >= 15 is 0 Å². The number of aldehydes is 1. The van der Waals surface area contributed by atoms with E-state index in [0.717, 1.165) is 18.2 Å². The smallest absolute Gasteiger partial charge is 0.392 e. The number of benzene rings is 1. The fraction of sp³-hybridized carbons (Fsp3) is 0.182. The van der Waals surface area contributed by atoms with Crippen molar-refractivity contribution in [1.29, 1.82) is 0 Å². The number of halogens is 3. The third-order valence-corrected chi connectivity index (χ3v) is 1.87. The van der Waals surface area contributed by atoms with E-state index in [4.69, 9.17) is 5.11 Å². The molecule has 0 aliphatic carbocycles. The van der Waals surface area contributed by atoms with E-state index in [2.05, 4.69) is 11.8 Å². The Morgan fingerprint density at radius 1 is 1.38 bits per heavy atom. The van der Waals surface area contributed by atoms with Crippen molar-refractivity contribution in [3.63, 3.8) is 0 Å². The van der Waals surface area contributed by atoms with Gasteiger partial charge in [-0.05, 0) is 29.7 Å². The molecule has 1 aromatic carbocycles. The molecule has 0 radical (unpaired) electrons. The third kappa shape index (κ3) is 2.84. The van der Waals surface area contributed by atoms with Crippen molar-refractivity contribution in [2.75, 3.05) is 0 Å². The van der Waals surface area contributed by atoms with Crippen molar-refractivity contribution in [2.24, 2.45) is 0 Å². The van der Waals surface area contributed by atoms with Crippen LogP contribution in [0.25, 0.3) is 0 Å². The minimum Gasteiger partial charge on any atom is -0.392 e. The molecule has 0 fully saturated rings. The van der Waals surface area contributed by atoms with Gasteiger partial charge in [0, 0.05) is 5.56 Å². The number of aliphatic hydroxyl groups excluding tert-OH is 1. The van der Waals surface area contributed by atoms with Crippen LogP contribution in [0.3, 0.4) is 0 Å². The first-order valence-corrected chi connectivity index (χ1v) is 4.25. The molecule has 0 bridgehead atoms. The Bertz CT molecular complexity index is 453. The highest BCUT2D eigenvalue weighted by Crippen LogP contribution is 2.30. The van der Waals surface area contributed by atoms with Crippen LogP contribution >= 0.6 is 0 Å². The molecule has 5 heteroatoms. The lowest BCUT2D eigenvalue weighted by molar-refractivity contribution is -0.137. The van der Waals surface area contributed by atoms with Gasteiger partial charge < -0.3 is 5.11 Å². The van der Waals surface area contributed by atoms with Gasteiger partial charge in [-0.2, -0.15) is 13.2 Å². The molecule has 16 heavy (non-hydrogen) atoms. The zero-order chi connectivity index (χ0) is 12.2. The average molecular weight is 228 g/mol. The van der Waals surface area contributed by atoms with Crippen molar-refractivity contribution in [3.8, 4) is 11.8 Å². The second kappa shape index (κ2) is 4.81. The quantitative estimate of drug-likeness (QED) is 0.587. The zero-order valence-corrected chi connectivity index (χ0v) is 8.01. The molecule has 0 spiro atoms. The summed E-state index contributed by atoms with van der Waals surface area (Å²) in [7, 11) is 0. The molecule has 0 saturated heterocycles. The van der Waals surface area contributed by atoms with Crippen LogP contribution in [0.15, 0.2) is 18.2 Å². The zero-order valence-electron chi connectivity index (χ0n) is 8.01. The minimum atomic E-state index is -4.46. The van der Waals surface area contributed by atoms with Gasteiger partial charge in [-0.1, -0.05) is 5.92 Å². The lowest BCUT2D eigenvalue weighted by Crippen LogP contribution is -2.06. The van der Waals surface area contributed by atoms with Crippen LogP contribution in [0.5, 0.6) is 0 Å². The average Bonchev–Trinajstić information content (AvgIpc) is 2.24. The number of carbonyl (C=O) groups excluding carboxylic acids is 1. The number of aliphatic hydroxyl groups is 1. The van der Waals surface area contributed by atoms with E-state index in [1.54, 1.807) is 0 Å². The molecule has 0 atom stereocenters. The van der Waals surface area contributed by atoms with E-state index in [9.17, 15) is 18.0 Å². The topological polar surface area (TPSA) is 37.3 Å². The summed E-state index contributed by atoms with van der Waals surface area (Å²) >= 11 is 0. The lowest BCUT2D eigenvalue weighted by Gasteiger charge is -2.09. The van der Waals surface area contributed by atoms with Crippen LogP contribution in [0.1, 0.15) is 16.7 Å². The molecule has 0 heterocycles. The second-order valence-corrected chi connectivity index (χ2v) is 2.91. The fourth-order valence-electron chi connectivity index (χ4n) is 1.13. The van der Waals surface area contributed by atoms with Gasteiger partial charge in [0.1, 0.15) is 0 Å². The Morgan fingerprint density at radius 3 is 2.56 bits per heavy atom. The van der Waals surface area contributed by atoms with Crippen LogP contribution in [0, 0.1) is 11.8 Å². The predicted molar refractivity (Wildman–Crippen MR) is 50.3 cm³/mol. The minimum absolute atomic E-state index is 0.0455. The predicted octanol–water partition coefficient (Wildman–Crippen LogP) is 1.75. The van der Waals surface area contributed by atoms with Gasteiger partial charge in [-0.15, -0.1) is 0 Å². The molecule has 0 aliphatic rings. The largest absolute Gasteiger partial charge is 0.416 e. The summed E-state index contributed by atoms with van der Waals surface area (Å²) in [5, 5.41) is 8.88. The molecule has 1 aromatic rings. The monoisotopic (exact) mass is 228 g/mol. The van der Waals surface area contributed by atoms with E-state index in [1.807, 2.05) is 0 Å². The van der Waals surface area contributed by atoms with E-state index in [-0.39, 0.29) is 11.1 Å². The van der Waals surface area contributed by atoms with Gasteiger partial charge in [0.25, 0.3) is 0 Å². The molecular weight excluding hydrogens is 221 g/mol. The number of rotatable bonds is 1. The molecular formula is C11H7F3O2. The van der Waals surface area contributed by atoms with Crippen LogP contribution < -0.4 is 0 Å². The Balaban J connectivity index is 3.22. The highest BCUT2D eigenvalue weighted by Gasteiger charge is 2.30. The molecule has 2 nitrogen and oxygen atoms in total. The van der Waals surface area contributed by atoms with E-state index < -0.39 is 18.3 Å². The van der Waals surface area contributed by atoms with Crippen molar-refractivity contribution < 1.29 is 23.1 Å². The summed E-state index contributed by atoms with van der Waals surface area (Å²) in [6.45, 7) is -0.563. The number of alkyl halides is 3. The van der Waals surface area contributed by atoms with Gasteiger partial charge >= 0.3 is 6.18 Å². The Labute approximate surface area is 89.7 Å². The Morgan fingerprint density at radius 2 is 2.06 bits per heavy atom. The maximum absolute atomic E-state index is 12.3. The van der Waals surface area contributed by atoms with Gasteiger partial charge in [0.15, 0.2) is 6.29 Å². The van der Waals surface area contributed by atoms with Crippen LogP contribution in [0.2, 0.25) is 0 Å². The molecule has 1 N–H and O–H groups in total. The van der Waals surface area contributed by atoms with E-state index in [1.165, 1.54) is 0 Å². The molecule has 0 saturated carbocycles.